The van der Waals surface area contributed by atoms with Gasteiger partial charge in [0.15, 0.2) is 0 Å². The van der Waals surface area contributed by atoms with Crippen molar-refractivity contribution < 1.29 is 27.5 Å². The first kappa shape index (κ1) is 25.5. The van der Waals surface area contributed by atoms with E-state index in [1.807, 2.05) is 0 Å². The van der Waals surface area contributed by atoms with Crippen molar-refractivity contribution in [2.45, 2.75) is 18.6 Å². The van der Waals surface area contributed by atoms with Gasteiger partial charge in [0.05, 0.1) is 12.7 Å². The molecule has 0 bridgehead atoms. The third-order valence-electron chi connectivity index (χ3n) is 4.88. The number of alkyl halides is 3. The lowest BCUT2D eigenvalue weighted by Crippen LogP contribution is -2.34. The number of rotatable bonds is 6. The second kappa shape index (κ2) is 10.4. The zero-order valence-electron chi connectivity index (χ0n) is 17.5. The second-order valence-electron chi connectivity index (χ2n) is 7.18. The van der Waals surface area contributed by atoms with Gasteiger partial charge in [-0.2, -0.15) is 13.2 Å². The van der Waals surface area contributed by atoms with Gasteiger partial charge in [0.25, 0.3) is 11.5 Å². The number of carbonyl (C=O) groups is 2. The minimum Gasteiger partial charge on any atom is -0.467 e. The molecule has 1 N–H and O–H groups in total. The molecular weight excluding hydrogens is 541 g/mol. The number of esters is 1. The Labute approximate surface area is 205 Å². The molecule has 34 heavy (non-hydrogen) atoms. The summed E-state index contributed by atoms with van der Waals surface area (Å²) in [4.78, 5) is 38.2. The van der Waals surface area contributed by atoms with Crippen LogP contribution in [0.2, 0.25) is 5.02 Å². The highest BCUT2D eigenvalue weighted by Crippen LogP contribution is 2.29. The van der Waals surface area contributed by atoms with E-state index >= 15 is 0 Å². The van der Waals surface area contributed by atoms with E-state index in [2.05, 4.69) is 21.2 Å². The molecule has 2 aromatic carbocycles. The number of aromatic nitrogens is 1. The molecule has 3 aromatic rings. The number of anilines is 1. The lowest BCUT2D eigenvalue weighted by molar-refractivity contribution is -0.144. The maximum atomic E-state index is 13.1. The summed E-state index contributed by atoms with van der Waals surface area (Å²) in [6, 6.07) is 10.5. The first-order valence-corrected chi connectivity index (χ1v) is 10.9. The van der Waals surface area contributed by atoms with Gasteiger partial charge < -0.3 is 10.1 Å². The molecule has 0 saturated carbocycles. The largest absolute Gasteiger partial charge is 0.467 e. The minimum atomic E-state index is -4.54. The van der Waals surface area contributed by atoms with E-state index in [0.717, 1.165) is 28.8 Å². The zero-order valence-corrected chi connectivity index (χ0v) is 19.9. The summed E-state index contributed by atoms with van der Waals surface area (Å²) in [6.07, 6.45) is -3.06. The molecule has 178 valence electrons. The normalized spacial score (nSPS) is 12.2. The van der Waals surface area contributed by atoms with Crippen LogP contribution in [-0.2, 0) is 22.1 Å². The number of hydrogen-bond donors (Lipinski definition) is 1. The smallest absolute Gasteiger partial charge is 0.416 e. The van der Waals surface area contributed by atoms with Gasteiger partial charge in [-0.05, 0) is 64.0 Å². The summed E-state index contributed by atoms with van der Waals surface area (Å²) < 4.78 is 44.6. The van der Waals surface area contributed by atoms with Gasteiger partial charge in [-0.25, -0.2) is 4.79 Å². The fourth-order valence-corrected chi connectivity index (χ4v) is 3.74. The van der Waals surface area contributed by atoms with Crippen molar-refractivity contribution >= 4 is 45.1 Å². The highest BCUT2D eigenvalue weighted by molar-refractivity contribution is 9.10. The predicted molar refractivity (Wildman–Crippen MR) is 124 cm³/mol. The van der Waals surface area contributed by atoms with Crippen molar-refractivity contribution in [3.8, 4) is 0 Å². The lowest BCUT2D eigenvalue weighted by Gasteiger charge is -2.19. The summed E-state index contributed by atoms with van der Waals surface area (Å²) in [5.41, 5.74) is -1.15. The van der Waals surface area contributed by atoms with Crippen LogP contribution < -0.4 is 10.9 Å². The topological polar surface area (TPSA) is 77.4 Å². The Balaban J connectivity index is 1.93. The average Bonchev–Trinajstić information content (AvgIpc) is 2.80. The molecule has 1 atom stereocenters. The standard InChI is InChI=1S/C23H17BrClF3N2O4/c1-34-22(33)19(10-13-2-8-17(25)9-3-13)30-12-16(24)11-18(21(30)32)29-20(31)14-4-6-15(7-5-14)23(26,27)28/h2-9,11-12,19H,10H2,1H3,(H,29,31). The fraction of sp³-hybridized carbons (Fsp3) is 0.174. The molecule has 1 unspecified atom stereocenters. The van der Waals surface area contributed by atoms with Gasteiger partial charge in [0, 0.05) is 27.7 Å². The molecule has 0 radical (unpaired) electrons. The second-order valence-corrected chi connectivity index (χ2v) is 8.54. The number of nitrogens with zero attached hydrogens (tertiary/aromatic N) is 1. The Morgan fingerprint density at radius 2 is 1.74 bits per heavy atom. The fourth-order valence-electron chi connectivity index (χ4n) is 3.17. The average molecular weight is 558 g/mol. The Morgan fingerprint density at radius 1 is 1.12 bits per heavy atom. The molecule has 6 nitrogen and oxygen atoms in total. The van der Waals surface area contributed by atoms with E-state index in [9.17, 15) is 27.6 Å². The highest BCUT2D eigenvalue weighted by Gasteiger charge is 2.30. The molecule has 1 heterocycles. The molecule has 1 amide bonds. The SMILES string of the molecule is COC(=O)C(Cc1ccc(Cl)cc1)n1cc(Br)cc(NC(=O)c2ccc(C(F)(F)F)cc2)c1=O. The number of carbonyl (C=O) groups excluding carboxylic acids is 2. The first-order chi connectivity index (χ1) is 16.0. The molecule has 3 rings (SSSR count). The third kappa shape index (κ3) is 6.06. The van der Waals surface area contributed by atoms with Gasteiger partial charge in [-0.15, -0.1) is 0 Å². The first-order valence-electron chi connectivity index (χ1n) is 9.72. The van der Waals surface area contributed by atoms with E-state index in [1.165, 1.54) is 19.4 Å². The summed E-state index contributed by atoms with van der Waals surface area (Å²) in [5, 5.41) is 2.90. The monoisotopic (exact) mass is 556 g/mol. The van der Waals surface area contributed by atoms with E-state index in [1.54, 1.807) is 24.3 Å². The number of halogens is 5. The van der Waals surface area contributed by atoms with Crippen molar-refractivity contribution in [1.82, 2.24) is 4.57 Å². The van der Waals surface area contributed by atoms with Crippen molar-refractivity contribution in [3.63, 3.8) is 0 Å². The van der Waals surface area contributed by atoms with Crippen molar-refractivity contribution in [2.75, 3.05) is 12.4 Å². The van der Waals surface area contributed by atoms with Gasteiger partial charge in [0.1, 0.15) is 11.7 Å². The van der Waals surface area contributed by atoms with Crippen LogP contribution in [0.4, 0.5) is 18.9 Å². The number of methoxy groups -OCH3 is 1. The van der Waals surface area contributed by atoms with Crippen LogP contribution in [0.5, 0.6) is 0 Å². The van der Waals surface area contributed by atoms with Gasteiger partial charge in [0.2, 0.25) is 0 Å². The highest BCUT2D eigenvalue weighted by atomic mass is 79.9. The van der Waals surface area contributed by atoms with Crippen molar-refractivity contribution in [3.05, 3.63) is 97.3 Å². The van der Waals surface area contributed by atoms with E-state index in [-0.39, 0.29) is 17.7 Å². The van der Waals surface area contributed by atoms with Crippen LogP contribution in [0.15, 0.2) is 70.1 Å². The molecular formula is C23H17BrClF3N2O4. The number of amides is 1. The lowest BCUT2D eigenvalue weighted by atomic mass is 10.1. The summed E-state index contributed by atoms with van der Waals surface area (Å²) in [6.45, 7) is 0. The molecule has 0 aliphatic heterocycles. The Hall–Kier alpha value is -3.11. The summed E-state index contributed by atoms with van der Waals surface area (Å²) in [7, 11) is 1.19. The Kier molecular flexibility index (Phi) is 7.83. The summed E-state index contributed by atoms with van der Waals surface area (Å²) in [5.74, 6) is -1.47. The van der Waals surface area contributed by atoms with Crippen molar-refractivity contribution in [1.29, 1.82) is 0 Å². The number of hydrogen-bond acceptors (Lipinski definition) is 4. The molecule has 11 heteroatoms. The predicted octanol–water partition coefficient (Wildman–Crippen LogP) is 5.49. The van der Waals surface area contributed by atoms with Crippen LogP contribution >= 0.6 is 27.5 Å². The van der Waals surface area contributed by atoms with E-state index < -0.39 is 35.2 Å². The van der Waals surface area contributed by atoms with Crippen LogP contribution in [-0.4, -0.2) is 23.6 Å². The molecule has 0 spiro atoms. The van der Waals surface area contributed by atoms with Gasteiger partial charge in [-0.3, -0.25) is 14.2 Å². The minimum absolute atomic E-state index is 0.0791. The molecule has 0 aliphatic carbocycles. The quantitative estimate of drug-likeness (QED) is 0.407. The van der Waals surface area contributed by atoms with Crippen LogP contribution in [0, 0.1) is 0 Å². The Morgan fingerprint density at radius 3 is 2.29 bits per heavy atom. The number of ether oxygens (including phenoxy) is 1. The summed E-state index contributed by atoms with van der Waals surface area (Å²) >= 11 is 9.16. The van der Waals surface area contributed by atoms with Crippen molar-refractivity contribution in [2.24, 2.45) is 0 Å². The molecule has 0 aliphatic rings. The van der Waals surface area contributed by atoms with Crippen LogP contribution in [0.1, 0.15) is 27.5 Å². The van der Waals surface area contributed by atoms with E-state index in [4.69, 9.17) is 16.3 Å². The van der Waals surface area contributed by atoms with E-state index in [0.29, 0.717) is 15.1 Å². The molecule has 0 saturated heterocycles. The van der Waals surface area contributed by atoms with Crippen LogP contribution in [0.25, 0.3) is 0 Å². The molecule has 1 aromatic heterocycles. The number of nitrogens with one attached hydrogen (secondary N) is 1. The third-order valence-corrected chi connectivity index (χ3v) is 5.57. The zero-order chi connectivity index (χ0) is 25.0. The maximum Gasteiger partial charge on any atom is 0.416 e. The van der Waals surface area contributed by atoms with Crippen LogP contribution in [0.3, 0.4) is 0 Å². The van der Waals surface area contributed by atoms with Gasteiger partial charge in [-0.1, -0.05) is 23.7 Å². The maximum absolute atomic E-state index is 13.1. The number of pyridine rings is 1. The number of benzene rings is 2. The Bertz CT molecular complexity index is 1260. The molecule has 0 fully saturated rings. The van der Waals surface area contributed by atoms with Gasteiger partial charge >= 0.3 is 12.1 Å².